The van der Waals surface area contributed by atoms with Crippen LogP contribution in [0.15, 0.2) is 10.5 Å². The van der Waals surface area contributed by atoms with Crippen molar-refractivity contribution in [2.75, 3.05) is 5.73 Å². The van der Waals surface area contributed by atoms with Gasteiger partial charge in [-0.2, -0.15) is 0 Å². The molecule has 0 radical (unpaired) electrons. The molecule has 1 aliphatic heterocycles. The number of fused-ring (bicyclic) bond motifs is 2. The molecule has 0 aromatic heterocycles. The van der Waals surface area contributed by atoms with Gasteiger partial charge in [0, 0.05) is 6.07 Å². The maximum atomic E-state index is 13.2. The maximum absolute atomic E-state index is 13.2. The third-order valence-corrected chi connectivity index (χ3v) is 3.04. The number of hydrogen-bond donors (Lipinski definition) is 1. The van der Waals surface area contributed by atoms with Crippen molar-refractivity contribution in [3.63, 3.8) is 0 Å². The summed E-state index contributed by atoms with van der Waals surface area (Å²) in [7, 11) is -4.22. The van der Waals surface area contributed by atoms with Gasteiger partial charge in [-0.3, -0.25) is 0 Å². The molecule has 0 aliphatic carbocycles. The minimum Gasteiger partial charge on any atom is -0.396 e. The van der Waals surface area contributed by atoms with Crippen molar-refractivity contribution in [1.29, 1.82) is 0 Å². The largest absolute Gasteiger partial charge is 0.501 e. The summed E-state index contributed by atoms with van der Waals surface area (Å²) in [4.78, 5) is 0. The minimum atomic E-state index is -4.22. The molecule has 0 spiro atoms. The van der Waals surface area contributed by atoms with E-state index in [1.807, 2.05) is 0 Å². The third kappa shape index (κ3) is 1.30. The Morgan fingerprint density at radius 1 is 1.43 bits per heavy atom. The first-order valence-electron chi connectivity index (χ1n) is 3.32. The zero-order valence-corrected chi connectivity index (χ0v) is 8.85. The molecule has 2 N–H and O–H groups in total. The molecule has 14 heavy (non-hydrogen) atoms. The zero-order chi connectivity index (χ0) is 10.5. The van der Waals surface area contributed by atoms with Crippen LogP contribution in [0.2, 0.25) is 0 Å². The Morgan fingerprint density at radius 3 is 2.71 bits per heavy atom. The van der Waals surface area contributed by atoms with Gasteiger partial charge in [0.2, 0.25) is 5.75 Å². The number of halogens is 2. The van der Waals surface area contributed by atoms with Gasteiger partial charge in [0.1, 0.15) is 4.47 Å². The highest BCUT2D eigenvalue weighted by atomic mass is 79.9. The first-order valence-corrected chi connectivity index (χ1v) is 5.45. The van der Waals surface area contributed by atoms with Crippen LogP contribution in [0.1, 0.15) is 0 Å². The summed E-state index contributed by atoms with van der Waals surface area (Å²) in [5.74, 6) is -1.51. The third-order valence-electron chi connectivity index (χ3n) is 1.53. The highest BCUT2D eigenvalue weighted by Gasteiger charge is 2.31. The van der Waals surface area contributed by atoms with E-state index in [2.05, 4.69) is 24.3 Å². The fourth-order valence-electron chi connectivity index (χ4n) is 0.970. The van der Waals surface area contributed by atoms with E-state index in [4.69, 9.17) is 5.73 Å². The average molecular weight is 284 g/mol. The van der Waals surface area contributed by atoms with Gasteiger partial charge in [0.05, 0.1) is 5.69 Å². The second-order valence-electron chi connectivity index (χ2n) is 2.50. The van der Waals surface area contributed by atoms with E-state index >= 15 is 0 Å². The summed E-state index contributed by atoms with van der Waals surface area (Å²) in [5, 5.41) is 0. The van der Waals surface area contributed by atoms with E-state index in [1.54, 1.807) is 0 Å². The summed E-state index contributed by atoms with van der Waals surface area (Å²) in [5.41, 5.74) is 5.00. The average Bonchev–Trinajstić information content (AvgIpc) is 2.06. The zero-order valence-electron chi connectivity index (χ0n) is 6.45. The van der Waals surface area contributed by atoms with Gasteiger partial charge in [-0.1, -0.05) is 0 Å². The summed E-state index contributed by atoms with van der Waals surface area (Å²) in [6.07, 6.45) is 0. The molecule has 2 bridgehead atoms. The van der Waals surface area contributed by atoms with Crippen LogP contribution >= 0.6 is 15.9 Å². The summed E-state index contributed by atoms with van der Waals surface area (Å²) in [6, 6.07) is 1.06. The molecular weight excluding hydrogens is 281 g/mol. The Bertz CT molecular complexity index is 508. The van der Waals surface area contributed by atoms with Crippen LogP contribution in [-0.2, 0) is 10.4 Å². The number of nitrogen functional groups attached to an aromatic ring is 1. The number of rotatable bonds is 0. The predicted molar refractivity (Wildman–Crippen MR) is 48.7 cm³/mol. The topological polar surface area (TPSA) is 78.6 Å². The maximum Gasteiger partial charge on any atom is 0.501 e. The number of benzene rings is 1. The van der Waals surface area contributed by atoms with Crippen molar-refractivity contribution in [1.82, 2.24) is 0 Å². The van der Waals surface area contributed by atoms with Crippen LogP contribution in [0.4, 0.5) is 10.1 Å². The number of anilines is 1. The van der Waals surface area contributed by atoms with Crippen molar-refractivity contribution in [3.05, 3.63) is 16.4 Å². The molecule has 1 heterocycles. The summed E-state index contributed by atoms with van der Waals surface area (Å²) < 4.78 is 43.8. The lowest BCUT2D eigenvalue weighted by Crippen LogP contribution is -2.22. The van der Waals surface area contributed by atoms with E-state index in [1.165, 1.54) is 0 Å². The molecule has 1 aromatic rings. The van der Waals surface area contributed by atoms with Crippen LogP contribution in [0.3, 0.4) is 0 Å². The van der Waals surface area contributed by atoms with Crippen LogP contribution in [0.5, 0.6) is 11.5 Å². The second kappa shape index (κ2) is 2.74. The molecule has 1 aromatic carbocycles. The van der Waals surface area contributed by atoms with Gasteiger partial charge in [0.25, 0.3) is 0 Å². The lowest BCUT2D eigenvalue weighted by molar-refractivity contribution is 0.363. The Labute approximate surface area is 87.1 Å². The van der Waals surface area contributed by atoms with Crippen molar-refractivity contribution in [2.45, 2.75) is 0 Å². The second-order valence-corrected chi connectivity index (χ2v) is 4.44. The molecule has 1 aliphatic rings. The molecule has 0 fully saturated rings. The minimum absolute atomic E-state index is 0.0824. The first-order chi connectivity index (χ1) is 6.41. The lowest BCUT2D eigenvalue weighted by Gasteiger charge is -2.18. The van der Waals surface area contributed by atoms with Crippen molar-refractivity contribution < 1.29 is 21.2 Å². The predicted octanol–water partition coefficient (Wildman–Crippen LogP) is 1.19. The van der Waals surface area contributed by atoms with E-state index < -0.39 is 22.0 Å². The molecule has 76 valence electrons. The smallest absolute Gasteiger partial charge is 0.396 e. The molecular formula is C6H3BrFNO4S. The van der Waals surface area contributed by atoms with Crippen molar-refractivity contribution in [2.24, 2.45) is 0 Å². The van der Waals surface area contributed by atoms with Gasteiger partial charge in [-0.05, 0) is 15.9 Å². The Hall–Kier alpha value is -1.02. The molecule has 0 amide bonds. The quantitative estimate of drug-likeness (QED) is 0.724. The van der Waals surface area contributed by atoms with Crippen LogP contribution in [0, 0.1) is 5.82 Å². The van der Waals surface area contributed by atoms with Crippen LogP contribution in [0.25, 0.3) is 0 Å². The van der Waals surface area contributed by atoms with E-state index in [9.17, 15) is 12.8 Å². The van der Waals surface area contributed by atoms with Crippen molar-refractivity contribution >= 4 is 32.0 Å². The van der Waals surface area contributed by atoms with Gasteiger partial charge in [0.15, 0.2) is 11.6 Å². The SMILES string of the molecule is Nc1cc2c(Br)c(c1F)OS(=O)(=O)O2. The highest BCUT2D eigenvalue weighted by Crippen LogP contribution is 2.44. The molecule has 5 nitrogen and oxygen atoms in total. The van der Waals surface area contributed by atoms with Crippen LogP contribution < -0.4 is 14.1 Å². The molecule has 0 atom stereocenters. The summed E-state index contributed by atoms with van der Waals surface area (Å²) in [6.45, 7) is 0. The molecule has 0 unspecified atom stereocenters. The normalized spacial score (nSPS) is 17.0. The fraction of sp³-hybridized carbons (Fsp3) is 0. The van der Waals surface area contributed by atoms with E-state index in [0.717, 1.165) is 6.07 Å². The van der Waals surface area contributed by atoms with E-state index in [0.29, 0.717) is 0 Å². The monoisotopic (exact) mass is 283 g/mol. The van der Waals surface area contributed by atoms with Gasteiger partial charge in [-0.25, -0.2) is 4.39 Å². The molecule has 2 rings (SSSR count). The first kappa shape index (κ1) is 9.53. The Kier molecular flexibility index (Phi) is 1.86. The van der Waals surface area contributed by atoms with Gasteiger partial charge < -0.3 is 14.1 Å². The van der Waals surface area contributed by atoms with E-state index in [-0.39, 0.29) is 15.9 Å². The Morgan fingerprint density at radius 2 is 2.07 bits per heavy atom. The van der Waals surface area contributed by atoms with Crippen LogP contribution in [-0.4, -0.2) is 8.42 Å². The van der Waals surface area contributed by atoms with Gasteiger partial charge >= 0.3 is 10.4 Å². The Balaban J connectivity index is 2.76. The standard InChI is InChI=1S/C6H3BrFNO4S/c7-4-3-1-2(9)5(8)6(4)13-14(10,11)12-3/h1H,9H2. The summed E-state index contributed by atoms with van der Waals surface area (Å²) >= 11 is 2.92. The fourth-order valence-corrected chi connectivity index (χ4v) is 2.38. The van der Waals surface area contributed by atoms with Crippen molar-refractivity contribution in [3.8, 4) is 11.5 Å². The molecule has 0 saturated heterocycles. The number of hydrogen-bond acceptors (Lipinski definition) is 5. The highest BCUT2D eigenvalue weighted by molar-refractivity contribution is 9.10. The number of nitrogens with two attached hydrogens (primary N) is 1. The van der Waals surface area contributed by atoms with Gasteiger partial charge in [-0.15, -0.1) is 8.42 Å². The molecule has 0 saturated carbocycles. The molecule has 8 heteroatoms. The lowest BCUT2D eigenvalue weighted by atomic mass is 10.3.